The first-order valence-corrected chi connectivity index (χ1v) is 7.81. The van der Waals surface area contributed by atoms with Crippen LogP contribution in [0, 0.1) is 6.92 Å². The number of aromatic nitrogens is 6. The number of benzene rings is 2. The van der Waals surface area contributed by atoms with Crippen LogP contribution in [0.4, 0.5) is 0 Å². The summed E-state index contributed by atoms with van der Waals surface area (Å²) in [5.41, 5.74) is 3.70. The van der Waals surface area contributed by atoms with Crippen molar-refractivity contribution in [1.82, 2.24) is 30.0 Å². The molecule has 2 heterocycles. The first-order chi connectivity index (χ1) is 12.3. The molecule has 0 fully saturated rings. The van der Waals surface area contributed by atoms with E-state index in [4.69, 9.17) is 4.74 Å². The van der Waals surface area contributed by atoms with Gasteiger partial charge in [-0.05, 0) is 53.7 Å². The van der Waals surface area contributed by atoms with Crippen LogP contribution < -0.4 is 4.74 Å². The zero-order valence-corrected chi connectivity index (χ0v) is 13.9. The van der Waals surface area contributed by atoms with Crippen LogP contribution in [0.15, 0.2) is 60.8 Å². The van der Waals surface area contributed by atoms with Gasteiger partial charge in [0.15, 0.2) is 5.82 Å². The highest BCUT2D eigenvalue weighted by atomic mass is 16.5. The van der Waals surface area contributed by atoms with Crippen molar-refractivity contribution in [1.29, 1.82) is 0 Å². The Labute approximate surface area is 144 Å². The van der Waals surface area contributed by atoms with Gasteiger partial charge in [0.2, 0.25) is 0 Å². The summed E-state index contributed by atoms with van der Waals surface area (Å²) in [6.07, 6.45) is 1.79. The van der Waals surface area contributed by atoms with Gasteiger partial charge < -0.3 is 4.74 Å². The van der Waals surface area contributed by atoms with Gasteiger partial charge in [-0.1, -0.05) is 18.2 Å². The fourth-order valence-corrected chi connectivity index (χ4v) is 2.71. The topological polar surface area (TPSA) is 70.7 Å². The van der Waals surface area contributed by atoms with Crippen molar-refractivity contribution in [2.75, 3.05) is 7.11 Å². The largest absolute Gasteiger partial charge is 0.497 e. The molecular formula is C18H16N6O. The number of ether oxygens (including phenoxy) is 1. The summed E-state index contributed by atoms with van der Waals surface area (Å²) in [5, 5.41) is 16.6. The van der Waals surface area contributed by atoms with E-state index in [1.807, 2.05) is 66.2 Å². The Hall–Kier alpha value is -3.48. The summed E-state index contributed by atoms with van der Waals surface area (Å²) < 4.78 is 8.77. The quantitative estimate of drug-likeness (QED) is 0.575. The molecule has 4 aromatic rings. The summed E-state index contributed by atoms with van der Waals surface area (Å²) in [7, 11) is 1.64. The van der Waals surface area contributed by atoms with Gasteiger partial charge in [0, 0.05) is 0 Å². The van der Waals surface area contributed by atoms with E-state index in [0.29, 0.717) is 5.82 Å². The summed E-state index contributed by atoms with van der Waals surface area (Å²) in [5.74, 6) is 1.43. The lowest BCUT2D eigenvalue weighted by molar-refractivity contribution is 0.414. The lowest BCUT2D eigenvalue weighted by atomic mass is 10.2. The molecule has 7 nitrogen and oxygen atoms in total. The number of rotatable bonds is 4. The van der Waals surface area contributed by atoms with Crippen molar-refractivity contribution in [2.24, 2.45) is 0 Å². The predicted octanol–water partition coefficient (Wildman–Crippen LogP) is 2.83. The molecule has 0 saturated heterocycles. The molecule has 0 N–H and O–H groups in total. The Morgan fingerprint density at radius 2 is 1.60 bits per heavy atom. The molecule has 0 bridgehead atoms. The van der Waals surface area contributed by atoms with Gasteiger partial charge in [-0.25, -0.2) is 4.68 Å². The first-order valence-electron chi connectivity index (χ1n) is 7.81. The summed E-state index contributed by atoms with van der Waals surface area (Å²) in [6, 6.07) is 17.5. The van der Waals surface area contributed by atoms with E-state index in [-0.39, 0.29) is 0 Å². The second-order valence-electron chi connectivity index (χ2n) is 5.50. The molecule has 2 aromatic heterocycles. The number of hydrogen-bond donors (Lipinski definition) is 0. The number of hydrogen-bond acceptors (Lipinski definition) is 5. The molecule has 2 aromatic carbocycles. The van der Waals surface area contributed by atoms with Crippen molar-refractivity contribution in [3.8, 4) is 28.5 Å². The predicted molar refractivity (Wildman–Crippen MR) is 93.0 cm³/mol. The molecule has 0 radical (unpaired) electrons. The smallest absolute Gasteiger partial charge is 0.190 e. The second kappa shape index (κ2) is 6.20. The van der Waals surface area contributed by atoms with E-state index >= 15 is 0 Å². The Bertz CT molecular complexity index is 988. The van der Waals surface area contributed by atoms with E-state index in [1.54, 1.807) is 18.0 Å². The maximum Gasteiger partial charge on any atom is 0.190 e. The normalized spacial score (nSPS) is 10.8. The molecule has 124 valence electrons. The average Bonchev–Trinajstić information content (AvgIpc) is 3.29. The lowest BCUT2D eigenvalue weighted by Gasteiger charge is -2.07. The van der Waals surface area contributed by atoms with E-state index in [1.165, 1.54) is 0 Å². The van der Waals surface area contributed by atoms with E-state index in [2.05, 4.69) is 20.6 Å². The maximum atomic E-state index is 5.20. The molecule has 0 aliphatic rings. The Morgan fingerprint density at radius 3 is 2.32 bits per heavy atom. The van der Waals surface area contributed by atoms with Crippen LogP contribution in [0.5, 0.6) is 5.75 Å². The zero-order valence-electron chi connectivity index (χ0n) is 13.9. The molecule has 0 atom stereocenters. The third kappa shape index (κ3) is 2.65. The van der Waals surface area contributed by atoms with Gasteiger partial charge in [-0.2, -0.15) is 9.78 Å². The number of nitrogens with zero attached hydrogens (tertiary/aromatic N) is 6. The molecule has 4 rings (SSSR count). The first kappa shape index (κ1) is 15.1. The average molecular weight is 332 g/mol. The van der Waals surface area contributed by atoms with E-state index in [9.17, 15) is 0 Å². The Kier molecular flexibility index (Phi) is 3.74. The minimum atomic E-state index is 0.643. The molecule has 0 saturated carbocycles. The van der Waals surface area contributed by atoms with Crippen molar-refractivity contribution in [3.05, 3.63) is 66.5 Å². The highest BCUT2D eigenvalue weighted by molar-refractivity contribution is 5.60. The van der Waals surface area contributed by atoms with Crippen molar-refractivity contribution in [2.45, 2.75) is 6.92 Å². The van der Waals surface area contributed by atoms with Crippen LogP contribution in [-0.4, -0.2) is 37.1 Å². The zero-order chi connectivity index (χ0) is 17.2. The van der Waals surface area contributed by atoms with Gasteiger partial charge in [-0.15, -0.1) is 5.10 Å². The number of tetrazole rings is 1. The molecule has 0 spiro atoms. The molecule has 0 amide bonds. The Balaban J connectivity index is 1.77. The molecule has 7 heteroatoms. The molecular weight excluding hydrogens is 316 g/mol. The maximum absolute atomic E-state index is 5.20. The van der Waals surface area contributed by atoms with Crippen LogP contribution in [-0.2, 0) is 0 Å². The standard InChI is InChI=1S/C18H16N6O/c1-13-17(12-19-23(13)14-6-4-3-5-7-14)18-20-21-22-24(18)15-8-10-16(25-2)11-9-15/h3-12H,1-2H3. The van der Waals surface area contributed by atoms with Crippen LogP contribution in [0.1, 0.15) is 5.69 Å². The fraction of sp³-hybridized carbons (Fsp3) is 0.111. The molecule has 0 aliphatic heterocycles. The van der Waals surface area contributed by atoms with Crippen molar-refractivity contribution < 1.29 is 4.74 Å². The summed E-state index contributed by atoms with van der Waals surface area (Å²) in [4.78, 5) is 0. The van der Waals surface area contributed by atoms with Crippen LogP contribution >= 0.6 is 0 Å². The molecule has 0 aliphatic carbocycles. The lowest BCUT2D eigenvalue weighted by Crippen LogP contribution is -2.02. The van der Waals surface area contributed by atoms with E-state index < -0.39 is 0 Å². The SMILES string of the molecule is COc1ccc(-n2nnnc2-c2cnn(-c3ccccc3)c2C)cc1. The monoisotopic (exact) mass is 332 g/mol. The van der Waals surface area contributed by atoms with Crippen LogP contribution in [0.2, 0.25) is 0 Å². The molecule has 25 heavy (non-hydrogen) atoms. The van der Waals surface area contributed by atoms with E-state index in [0.717, 1.165) is 28.4 Å². The van der Waals surface area contributed by atoms with Gasteiger partial charge in [-0.3, -0.25) is 0 Å². The van der Waals surface area contributed by atoms with Gasteiger partial charge in [0.25, 0.3) is 0 Å². The number of methoxy groups -OCH3 is 1. The summed E-state index contributed by atoms with van der Waals surface area (Å²) in [6.45, 7) is 2.00. The highest BCUT2D eigenvalue weighted by Gasteiger charge is 2.17. The van der Waals surface area contributed by atoms with Crippen molar-refractivity contribution >= 4 is 0 Å². The number of para-hydroxylation sites is 1. The van der Waals surface area contributed by atoms with Crippen molar-refractivity contribution in [3.63, 3.8) is 0 Å². The third-order valence-corrected chi connectivity index (χ3v) is 4.04. The highest BCUT2D eigenvalue weighted by Crippen LogP contribution is 2.25. The third-order valence-electron chi connectivity index (χ3n) is 4.04. The van der Waals surface area contributed by atoms with Gasteiger partial charge >= 0.3 is 0 Å². The minimum absolute atomic E-state index is 0.643. The fourth-order valence-electron chi connectivity index (χ4n) is 2.71. The minimum Gasteiger partial charge on any atom is -0.497 e. The second-order valence-corrected chi connectivity index (χ2v) is 5.50. The Morgan fingerprint density at radius 1 is 0.880 bits per heavy atom. The van der Waals surface area contributed by atoms with Gasteiger partial charge in [0.05, 0.1) is 35.9 Å². The van der Waals surface area contributed by atoms with Gasteiger partial charge in [0.1, 0.15) is 5.75 Å². The summed E-state index contributed by atoms with van der Waals surface area (Å²) >= 11 is 0. The van der Waals surface area contributed by atoms with Crippen LogP contribution in [0.3, 0.4) is 0 Å². The molecule has 0 unspecified atom stereocenters. The van der Waals surface area contributed by atoms with Crippen LogP contribution in [0.25, 0.3) is 22.8 Å².